The number of hydrogen-bond donors (Lipinski definition) is 0. The number of aryl methyl sites for hydroxylation is 2. The Hall–Kier alpha value is -2.36. The van der Waals surface area contributed by atoms with Crippen molar-refractivity contribution < 1.29 is 0 Å². The average Bonchev–Trinajstić information content (AvgIpc) is 2.98. The van der Waals surface area contributed by atoms with E-state index in [0.29, 0.717) is 0 Å². The fourth-order valence-corrected chi connectivity index (χ4v) is 1.81. The van der Waals surface area contributed by atoms with Gasteiger partial charge in [0.1, 0.15) is 0 Å². The standard InChI is InChI=1S/C14H13N4/c1-11-6-8-17(15-11)13-4-3-5-14(10-13)18-9-7-12(2)16-18/h3-9H,1-2H3/q-1. The van der Waals surface area contributed by atoms with E-state index < -0.39 is 0 Å². The Bertz CT molecular complexity index is 623. The van der Waals surface area contributed by atoms with Crippen molar-refractivity contribution in [2.75, 3.05) is 0 Å². The second-order valence-corrected chi connectivity index (χ2v) is 4.22. The van der Waals surface area contributed by atoms with Crippen molar-refractivity contribution in [2.24, 2.45) is 0 Å². The van der Waals surface area contributed by atoms with E-state index in [0.717, 1.165) is 22.8 Å². The van der Waals surface area contributed by atoms with Crippen molar-refractivity contribution in [1.82, 2.24) is 19.6 Å². The minimum Gasteiger partial charge on any atom is -0.265 e. The van der Waals surface area contributed by atoms with Gasteiger partial charge in [-0.1, -0.05) is 0 Å². The third-order valence-corrected chi connectivity index (χ3v) is 2.70. The molecule has 3 rings (SSSR count). The summed E-state index contributed by atoms with van der Waals surface area (Å²) in [6, 6.07) is 13.2. The highest BCUT2D eigenvalue weighted by Gasteiger charge is 1.96. The zero-order chi connectivity index (χ0) is 12.5. The molecule has 0 aliphatic rings. The van der Waals surface area contributed by atoms with Gasteiger partial charge < -0.3 is 0 Å². The van der Waals surface area contributed by atoms with Crippen LogP contribution in [0, 0.1) is 19.9 Å². The monoisotopic (exact) mass is 237 g/mol. The van der Waals surface area contributed by atoms with Crippen LogP contribution in [0.3, 0.4) is 0 Å². The first-order chi connectivity index (χ1) is 8.72. The maximum absolute atomic E-state index is 4.38. The highest BCUT2D eigenvalue weighted by molar-refractivity contribution is 5.41. The molecule has 2 aromatic heterocycles. The lowest BCUT2D eigenvalue weighted by Crippen LogP contribution is -2.00. The first kappa shape index (κ1) is 10.8. The van der Waals surface area contributed by atoms with E-state index in [-0.39, 0.29) is 0 Å². The van der Waals surface area contributed by atoms with Crippen molar-refractivity contribution in [3.05, 3.63) is 60.2 Å². The quantitative estimate of drug-likeness (QED) is 0.642. The van der Waals surface area contributed by atoms with Crippen LogP contribution in [0.2, 0.25) is 0 Å². The Morgan fingerprint density at radius 1 is 0.833 bits per heavy atom. The molecule has 2 heterocycles. The molecule has 4 nitrogen and oxygen atoms in total. The minimum absolute atomic E-state index is 0.911. The van der Waals surface area contributed by atoms with E-state index in [1.165, 1.54) is 0 Å². The van der Waals surface area contributed by atoms with Crippen molar-refractivity contribution in [3.63, 3.8) is 0 Å². The molecule has 0 spiro atoms. The third-order valence-electron chi connectivity index (χ3n) is 2.70. The summed E-state index contributed by atoms with van der Waals surface area (Å²) in [7, 11) is 0. The number of aromatic nitrogens is 4. The van der Waals surface area contributed by atoms with Gasteiger partial charge in [0.2, 0.25) is 0 Å². The Morgan fingerprint density at radius 2 is 1.33 bits per heavy atom. The van der Waals surface area contributed by atoms with Gasteiger partial charge in [-0.3, -0.25) is 9.36 Å². The maximum atomic E-state index is 4.38. The maximum Gasteiger partial charge on any atom is 0.0597 e. The van der Waals surface area contributed by atoms with Crippen LogP contribution in [0.15, 0.2) is 42.7 Å². The summed E-state index contributed by atoms with van der Waals surface area (Å²) < 4.78 is 3.63. The van der Waals surface area contributed by atoms with Crippen LogP contribution < -0.4 is 0 Å². The summed E-state index contributed by atoms with van der Waals surface area (Å²) in [5.41, 5.74) is 3.80. The molecule has 0 radical (unpaired) electrons. The molecule has 0 unspecified atom stereocenters. The van der Waals surface area contributed by atoms with Gasteiger partial charge in [0.05, 0.1) is 11.4 Å². The minimum atomic E-state index is 0.911. The van der Waals surface area contributed by atoms with Gasteiger partial charge in [-0.05, 0) is 37.4 Å². The fourth-order valence-electron chi connectivity index (χ4n) is 1.81. The van der Waals surface area contributed by atoms with Crippen LogP contribution in [-0.2, 0) is 0 Å². The number of nitrogens with zero attached hydrogens (tertiary/aromatic N) is 4. The highest BCUT2D eigenvalue weighted by Crippen LogP contribution is 2.13. The molecule has 0 aliphatic heterocycles. The summed E-state index contributed by atoms with van der Waals surface area (Å²) in [4.78, 5) is 0. The predicted octanol–water partition coefficient (Wildman–Crippen LogP) is 2.48. The lowest BCUT2D eigenvalue weighted by atomic mass is 10.3. The van der Waals surface area contributed by atoms with Gasteiger partial charge in [0, 0.05) is 12.4 Å². The number of hydrogen-bond acceptors (Lipinski definition) is 2. The first-order valence-electron chi connectivity index (χ1n) is 5.80. The first-order valence-corrected chi connectivity index (χ1v) is 5.80. The Morgan fingerprint density at radius 3 is 1.72 bits per heavy atom. The molecule has 18 heavy (non-hydrogen) atoms. The lowest BCUT2D eigenvalue weighted by molar-refractivity contribution is 0.838. The molecule has 0 aliphatic carbocycles. The van der Waals surface area contributed by atoms with Crippen molar-refractivity contribution in [1.29, 1.82) is 0 Å². The second-order valence-electron chi connectivity index (χ2n) is 4.22. The van der Waals surface area contributed by atoms with Crippen molar-refractivity contribution >= 4 is 0 Å². The smallest absolute Gasteiger partial charge is 0.0597 e. The van der Waals surface area contributed by atoms with Crippen LogP contribution in [0.4, 0.5) is 0 Å². The predicted molar refractivity (Wildman–Crippen MR) is 69.0 cm³/mol. The van der Waals surface area contributed by atoms with Gasteiger partial charge >= 0.3 is 0 Å². The molecule has 0 amide bonds. The molecule has 0 bridgehead atoms. The molecule has 90 valence electrons. The molecular formula is C14H13N4-. The van der Waals surface area contributed by atoms with Gasteiger partial charge in [0.25, 0.3) is 0 Å². The van der Waals surface area contributed by atoms with Gasteiger partial charge in [0.15, 0.2) is 0 Å². The Kier molecular flexibility index (Phi) is 2.48. The summed E-state index contributed by atoms with van der Waals surface area (Å²) in [5.74, 6) is 0. The largest absolute Gasteiger partial charge is 0.265 e. The Labute approximate surface area is 105 Å². The lowest BCUT2D eigenvalue weighted by Gasteiger charge is -2.12. The fraction of sp³-hybridized carbons (Fsp3) is 0.143. The Balaban J connectivity index is 2.04. The second kappa shape index (κ2) is 4.14. The summed E-state index contributed by atoms with van der Waals surface area (Å²) in [6.07, 6.45) is 3.86. The van der Waals surface area contributed by atoms with E-state index in [2.05, 4.69) is 16.3 Å². The topological polar surface area (TPSA) is 35.6 Å². The summed E-state index contributed by atoms with van der Waals surface area (Å²) in [5, 5.41) is 8.75. The van der Waals surface area contributed by atoms with Crippen molar-refractivity contribution in [3.8, 4) is 11.4 Å². The molecule has 0 saturated heterocycles. The number of rotatable bonds is 2. The van der Waals surface area contributed by atoms with E-state index in [1.54, 1.807) is 0 Å². The highest BCUT2D eigenvalue weighted by atomic mass is 15.3. The zero-order valence-corrected chi connectivity index (χ0v) is 10.3. The molecule has 0 fully saturated rings. The van der Waals surface area contributed by atoms with E-state index in [4.69, 9.17) is 0 Å². The van der Waals surface area contributed by atoms with Gasteiger partial charge in [-0.15, -0.1) is 18.2 Å². The molecule has 0 saturated carbocycles. The van der Waals surface area contributed by atoms with Crippen LogP contribution >= 0.6 is 0 Å². The molecule has 1 aromatic carbocycles. The molecule has 0 N–H and O–H groups in total. The zero-order valence-electron chi connectivity index (χ0n) is 10.3. The van der Waals surface area contributed by atoms with E-state index in [9.17, 15) is 0 Å². The summed E-state index contributed by atoms with van der Waals surface area (Å²) in [6.45, 7) is 3.94. The normalized spacial score (nSPS) is 10.8. The van der Waals surface area contributed by atoms with Crippen LogP contribution in [0.1, 0.15) is 11.4 Å². The average molecular weight is 237 g/mol. The molecular weight excluding hydrogens is 224 g/mol. The third kappa shape index (κ3) is 1.93. The van der Waals surface area contributed by atoms with Crippen LogP contribution in [-0.4, -0.2) is 19.6 Å². The number of benzene rings is 1. The van der Waals surface area contributed by atoms with Crippen LogP contribution in [0.5, 0.6) is 0 Å². The molecule has 3 aromatic rings. The van der Waals surface area contributed by atoms with E-state index >= 15 is 0 Å². The molecule has 4 heteroatoms. The van der Waals surface area contributed by atoms with Gasteiger partial charge in [-0.25, -0.2) is 0 Å². The van der Waals surface area contributed by atoms with Gasteiger partial charge in [-0.2, -0.15) is 16.3 Å². The SMILES string of the molecule is Cc1ccn(-c2[c-]c(-n3ccc(C)n3)ccc2)n1. The molecule has 0 atom stereocenters. The van der Waals surface area contributed by atoms with Crippen LogP contribution in [0.25, 0.3) is 11.4 Å². The summed E-state index contributed by atoms with van der Waals surface area (Å²) >= 11 is 0. The van der Waals surface area contributed by atoms with Crippen molar-refractivity contribution in [2.45, 2.75) is 13.8 Å². The van der Waals surface area contributed by atoms with E-state index in [1.807, 2.05) is 65.9 Å².